The van der Waals surface area contributed by atoms with Crippen molar-refractivity contribution in [1.29, 1.82) is 0 Å². The monoisotopic (exact) mass is 640 g/mol. The average Bonchev–Trinajstić information content (AvgIpc) is 3.20. The van der Waals surface area contributed by atoms with Crippen molar-refractivity contribution >= 4 is 22.7 Å². The Bertz CT molecular complexity index is 2310. The highest BCUT2D eigenvalue weighted by atomic mass is 15.1. The van der Waals surface area contributed by atoms with E-state index in [1.165, 1.54) is 22.3 Å². The van der Waals surface area contributed by atoms with Gasteiger partial charge in [0, 0.05) is 33.9 Å². The molecule has 0 heterocycles. The number of para-hydroxylation sites is 1. The number of hydrogen-bond donors (Lipinski definition) is 1. The van der Waals surface area contributed by atoms with E-state index < -0.39 is 0 Å². The summed E-state index contributed by atoms with van der Waals surface area (Å²) in [5, 5.41) is 0. The first kappa shape index (κ1) is 30.7. The Hall–Kier alpha value is -6.64. The lowest BCUT2D eigenvalue weighted by Crippen LogP contribution is -2.09. The molecule has 0 fully saturated rings. The first-order valence-corrected chi connectivity index (χ1v) is 17.0. The van der Waals surface area contributed by atoms with Gasteiger partial charge < -0.3 is 10.6 Å². The maximum atomic E-state index is 7.11. The van der Waals surface area contributed by atoms with Crippen LogP contribution in [-0.2, 0) is 0 Å². The first-order valence-electron chi connectivity index (χ1n) is 17.0. The number of nitrogen functional groups attached to an aromatic ring is 1. The number of hydrogen-bond acceptors (Lipinski definition) is 2. The summed E-state index contributed by atoms with van der Waals surface area (Å²) in [5.41, 5.74) is 22.4. The van der Waals surface area contributed by atoms with Gasteiger partial charge in [-0.1, -0.05) is 170 Å². The molecular weight excluding hydrogens is 605 g/mol. The van der Waals surface area contributed by atoms with Gasteiger partial charge in [0.15, 0.2) is 0 Å². The van der Waals surface area contributed by atoms with Crippen molar-refractivity contribution in [3.05, 3.63) is 206 Å². The molecule has 0 aliphatic heterocycles. The smallest absolute Gasteiger partial charge is 0.0479 e. The lowest BCUT2D eigenvalue weighted by molar-refractivity contribution is 1.28. The molecule has 0 atom stereocenters. The summed E-state index contributed by atoms with van der Waals surface area (Å²) in [7, 11) is 0. The molecular formula is C48H36N2. The lowest BCUT2D eigenvalue weighted by Gasteiger charge is -2.26. The molecule has 8 aromatic carbocycles. The van der Waals surface area contributed by atoms with Gasteiger partial charge in [-0.15, -0.1) is 0 Å². The van der Waals surface area contributed by atoms with Gasteiger partial charge in [-0.25, -0.2) is 0 Å². The van der Waals surface area contributed by atoms with Gasteiger partial charge in [0.05, 0.1) is 0 Å². The Balaban J connectivity index is 1.17. The second-order valence-corrected chi connectivity index (χ2v) is 12.4. The minimum absolute atomic E-state index is 0.773. The molecule has 2 N–H and O–H groups in total. The van der Waals surface area contributed by atoms with Crippen molar-refractivity contribution in [2.75, 3.05) is 10.6 Å². The molecule has 8 aromatic rings. The Morgan fingerprint density at radius 3 is 1.08 bits per heavy atom. The van der Waals surface area contributed by atoms with Crippen molar-refractivity contribution in [3.8, 4) is 55.6 Å². The van der Waals surface area contributed by atoms with Gasteiger partial charge in [0.25, 0.3) is 0 Å². The third-order valence-electron chi connectivity index (χ3n) is 9.29. The fourth-order valence-corrected chi connectivity index (χ4v) is 6.75. The molecule has 0 spiro atoms. The molecule has 2 nitrogen and oxygen atoms in total. The molecule has 0 bridgehead atoms. The van der Waals surface area contributed by atoms with Gasteiger partial charge in [-0.05, 0) is 80.9 Å². The van der Waals surface area contributed by atoms with E-state index in [2.05, 4.69) is 199 Å². The van der Waals surface area contributed by atoms with Crippen LogP contribution in [0.5, 0.6) is 0 Å². The second-order valence-electron chi connectivity index (χ2n) is 12.4. The van der Waals surface area contributed by atoms with Crippen LogP contribution < -0.4 is 10.6 Å². The summed E-state index contributed by atoms with van der Waals surface area (Å²) in [6.07, 6.45) is 0. The van der Waals surface area contributed by atoms with E-state index in [1.807, 2.05) is 12.1 Å². The first-order chi connectivity index (χ1) is 24.7. The molecule has 0 saturated carbocycles. The normalized spacial score (nSPS) is 10.9. The predicted octanol–water partition coefficient (Wildman–Crippen LogP) is 13.1. The number of benzene rings is 8. The third-order valence-corrected chi connectivity index (χ3v) is 9.29. The average molecular weight is 641 g/mol. The van der Waals surface area contributed by atoms with Gasteiger partial charge in [0.2, 0.25) is 0 Å². The van der Waals surface area contributed by atoms with Crippen LogP contribution in [0.4, 0.5) is 22.7 Å². The summed E-state index contributed by atoms with van der Waals surface area (Å²) in [5.74, 6) is 0. The minimum Gasteiger partial charge on any atom is -0.398 e. The summed E-state index contributed by atoms with van der Waals surface area (Å²) in [6, 6.07) is 72.6. The number of nitrogens with zero attached hydrogens (tertiary/aromatic N) is 1. The molecule has 0 unspecified atom stereocenters. The third kappa shape index (κ3) is 6.19. The van der Waals surface area contributed by atoms with Crippen LogP contribution in [-0.4, -0.2) is 0 Å². The zero-order valence-electron chi connectivity index (χ0n) is 27.7. The van der Waals surface area contributed by atoms with Crippen LogP contribution in [0, 0.1) is 0 Å². The molecule has 8 rings (SSSR count). The van der Waals surface area contributed by atoms with Gasteiger partial charge in [-0.3, -0.25) is 0 Å². The molecule has 0 aliphatic rings. The van der Waals surface area contributed by atoms with Crippen LogP contribution >= 0.6 is 0 Å². The van der Waals surface area contributed by atoms with E-state index in [4.69, 9.17) is 5.73 Å². The molecule has 0 radical (unpaired) electrons. The van der Waals surface area contributed by atoms with Crippen LogP contribution in [0.2, 0.25) is 0 Å². The molecule has 0 aromatic heterocycles. The fraction of sp³-hybridized carbons (Fsp3) is 0. The highest BCUT2D eigenvalue weighted by molar-refractivity contribution is 5.98. The van der Waals surface area contributed by atoms with E-state index in [0.717, 1.165) is 56.1 Å². The highest BCUT2D eigenvalue weighted by Gasteiger charge is 2.17. The summed E-state index contributed by atoms with van der Waals surface area (Å²) < 4.78 is 0. The minimum atomic E-state index is 0.773. The maximum absolute atomic E-state index is 7.11. The summed E-state index contributed by atoms with van der Waals surface area (Å²) >= 11 is 0. The van der Waals surface area contributed by atoms with Gasteiger partial charge in [-0.2, -0.15) is 0 Å². The van der Waals surface area contributed by atoms with Crippen LogP contribution in [0.3, 0.4) is 0 Å². The van der Waals surface area contributed by atoms with E-state index in [-0.39, 0.29) is 0 Å². The van der Waals surface area contributed by atoms with E-state index in [9.17, 15) is 0 Å². The topological polar surface area (TPSA) is 29.3 Å². The largest absolute Gasteiger partial charge is 0.398 e. The zero-order chi connectivity index (χ0) is 33.7. The lowest BCUT2D eigenvalue weighted by atomic mass is 9.88. The van der Waals surface area contributed by atoms with Gasteiger partial charge >= 0.3 is 0 Å². The molecule has 2 heteroatoms. The number of anilines is 4. The standard InChI is InChI=1S/C48H36N2/c49-48-46(40-23-21-37(22-24-40)35-13-5-1-6-14-35)34-33-45(47(48)41-17-9-3-10-18-41)39-27-31-44(32-28-39)50(42-19-11-4-12-20-42)43-29-25-38(26-30-43)36-15-7-2-8-16-36/h1-34H,49H2. The molecule has 50 heavy (non-hydrogen) atoms. The van der Waals surface area contributed by atoms with Crippen molar-refractivity contribution in [2.45, 2.75) is 0 Å². The van der Waals surface area contributed by atoms with Crippen molar-refractivity contribution < 1.29 is 0 Å². The van der Waals surface area contributed by atoms with Crippen LogP contribution in [0.1, 0.15) is 0 Å². The summed E-state index contributed by atoms with van der Waals surface area (Å²) in [4.78, 5) is 2.30. The molecule has 238 valence electrons. The SMILES string of the molecule is Nc1c(-c2ccc(-c3ccccc3)cc2)ccc(-c2ccc(N(c3ccccc3)c3ccc(-c4ccccc4)cc3)cc2)c1-c1ccccc1. The Kier molecular flexibility index (Phi) is 8.49. The van der Waals surface area contributed by atoms with E-state index in [0.29, 0.717) is 0 Å². The van der Waals surface area contributed by atoms with Crippen LogP contribution in [0.15, 0.2) is 206 Å². The fourth-order valence-electron chi connectivity index (χ4n) is 6.75. The van der Waals surface area contributed by atoms with E-state index >= 15 is 0 Å². The quantitative estimate of drug-likeness (QED) is 0.167. The highest BCUT2D eigenvalue weighted by Crippen LogP contribution is 2.43. The second kappa shape index (κ2) is 13.8. The molecule has 0 aliphatic carbocycles. The van der Waals surface area contributed by atoms with E-state index in [1.54, 1.807) is 0 Å². The summed E-state index contributed by atoms with van der Waals surface area (Å²) in [6.45, 7) is 0. The number of nitrogens with two attached hydrogens (primary N) is 1. The molecule has 0 amide bonds. The van der Waals surface area contributed by atoms with Crippen molar-refractivity contribution in [3.63, 3.8) is 0 Å². The van der Waals surface area contributed by atoms with Crippen molar-refractivity contribution in [2.24, 2.45) is 0 Å². The Labute approximate surface area is 294 Å². The molecule has 0 saturated heterocycles. The Morgan fingerprint density at radius 2 is 0.580 bits per heavy atom. The Morgan fingerprint density at radius 1 is 0.260 bits per heavy atom. The van der Waals surface area contributed by atoms with Crippen LogP contribution in [0.25, 0.3) is 55.6 Å². The maximum Gasteiger partial charge on any atom is 0.0479 e. The zero-order valence-corrected chi connectivity index (χ0v) is 27.7. The number of rotatable bonds is 8. The predicted molar refractivity (Wildman–Crippen MR) is 213 cm³/mol. The van der Waals surface area contributed by atoms with Gasteiger partial charge in [0.1, 0.15) is 0 Å². The van der Waals surface area contributed by atoms with Crippen molar-refractivity contribution in [1.82, 2.24) is 0 Å².